The Morgan fingerprint density at radius 3 is 2.35 bits per heavy atom. The SMILES string of the molecule is N/C(=N/O)c1ccc(NC(=O)Cc2ccccc2)cc1. The molecule has 102 valence electrons. The van der Waals surface area contributed by atoms with Gasteiger partial charge in [0.25, 0.3) is 0 Å². The minimum atomic E-state index is -0.0900. The van der Waals surface area contributed by atoms with E-state index < -0.39 is 0 Å². The summed E-state index contributed by atoms with van der Waals surface area (Å²) < 4.78 is 0. The van der Waals surface area contributed by atoms with Crippen molar-refractivity contribution in [1.29, 1.82) is 0 Å². The molecule has 0 aliphatic heterocycles. The van der Waals surface area contributed by atoms with Crippen LogP contribution in [0.3, 0.4) is 0 Å². The van der Waals surface area contributed by atoms with E-state index in [1.165, 1.54) is 0 Å². The first-order valence-corrected chi connectivity index (χ1v) is 6.11. The number of rotatable bonds is 4. The molecule has 0 aliphatic rings. The van der Waals surface area contributed by atoms with Crippen molar-refractivity contribution in [2.45, 2.75) is 6.42 Å². The van der Waals surface area contributed by atoms with Gasteiger partial charge in [0.15, 0.2) is 5.84 Å². The molecule has 0 bridgehead atoms. The van der Waals surface area contributed by atoms with Crippen molar-refractivity contribution in [3.8, 4) is 0 Å². The first kappa shape index (κ1) is 13.6. The zero-order valence-electron chi connectivity index (χ0n) is 10.8. The third-order valence-electron chi connectivity index (χ3n) is 2.78. The monoisotopic (exact) mass is 269 g/mol. The normalized spacial score (nSPS) is 11.1. The first-order chi connectivity index (χ1) is 9.69. The van der Waals surface area contributed by atoms with Gasteiger partial charge in [-0.15, -0.1) is 0 Å². The van der Waals surface area contributed by atoms with E-state index in [4.69, 9.17) is 10.9 Å². The predicted octanol–water partition coefficient (Wildman–Crippen LogP) is 1.96. The molecule has 0 heterocycles. The van der Waals surface area contributed by atoms with E-state index in [1.807, 2.05) is 30.3 Å². The smallest absolute Gasteiger partial charge is 0.228 e. The van der Waals surface area contributed by atoms with Crippen LogP contribution in [0.15, 0.2) is 59.8 Å². The molecule has 0 spiro atoms. The van der Waals surface area contributed by atoms with Gasteiger partial charge < -0.3 is 16.3 Å². The molecule has 2 aromatic carbocycles. The van der Waals surface area contributed by atoms with Crippen LogP contribution in [0, 0.1) is 0 Å². The van der Waals surface area contributed by atoms with Crippen molar-refractivity contribution in [2.75, 3.05) is 5.32 Å². The van der Waals surface area contributed by atoms with Crippen LogP contribution in [0.4, 0.5) is 5.69 Å². The number of amidine groups is 1. The number of hydrogen-bond donors (Lipinski definition) is 3. The standard InChI is InChI=1S/C15H15N3O2/c16-15(18-20)12-6-8-13(9-7-12)17-14(19)10-11-4-2-1-3-5-11/h1-9,20H,10H2,(H2,16,18)(H,17,19). The average Bonchev–Trinajstić information content (AvgIpc) is 2.48. The fourth-order valence-electron chi connectivity index (χ4n) is 1.77. The lowest BCUT2D eigenvalue weighted by atomic mass is 10.1. The minimum Gasteiger partial charge on any atom is -0.409 e. The molecule has 0 aromatic heterocycles. The van der Waals surface area contributed by atoms with E-state index in [0.29, 0.717) is 17.7 Å². The fraction of sp³-hybridized carbons (Fsp3) is 0.0667. The van der Waals surface area contributed by atoms with Gasteiger partial charge in [-0.25, -0.2) is 0 Å². The van der Waals surface area contributed by atoms with E-state index in [0.717, 1.165) is 5.56 Å². The number of hydrogen-bond acceptors (Lipinski definition) is 3. The van der Waals surface area contributed by atoms with Gasteiger partial charge in [-0.2, -0.15) is 0 Å². The molecular weight excluding hydrogens is 254 g/mol. The maximum absolute atomic E-state index is 11.9. The van der Waals surface area contributed by atoms with E-state index in [-0.39, 0.29) is 11.7 Å². The Morgan fingerprint density at radius 2 is 1.75 bits per heavy atom. The third-order valence-corrected chi connectivity index (χ3v) is 2.78. The molecular formula is C15H15N3O2. The molecule has 20 heavy (non-hydrogen) atoms. The molecule has 2 rings (SSSR count). The Balaban J connectivity index is 1.98. The summed E-state index contributed by atoms with van der Waals surface area (Å²) in [5.41, 5.74) is 7.68. The van der Waals surface area contributed by atoms with Crippen LogP contribution >= 0.6 is 0 Å². The predicted molar refractivity (Wildman–Crippen MR) is 77.7 cm³/mol. The Morgan fingerprint density at radius 1 is 1.10 bits per heavy atom. The zero-order chi connectivity index (χ0) is 14.4. The first-order valence-electron chi connectivity index (χ1n) is 6.11. The third kappa shape index (κ3) is 3.58. The molecule has 5 nitrogen and oxygen atoms in total. The summed E-state index contributed by atoms with van der Waals surface area (Å²) in [7, 11) is 0. The van der Waals surface area contributed by atoms with Crippen molar-refractivity contribution in [2.24, 2.45) is 10.9 Å². The molecule has 0 saturated carbocycles. The molecule has 0 atom stereocenters. The molecule has 2 aromatic rings. The second-order valence-corrected chi connectivity index (χ2v) is 4.27. The van der Waals surface area contributed by atoms with Gasteiger partial charge >= 0.3 is 0 Å². The van der Waals surface area contributed by atoms with Gasteiger partial charge in [-0.1, -0.05) is 35.5 Å². The largest absolute Gasteiger partial charge is 0.409 e. The van der Waals surface area contributed by atoms with Crippen LogP contribution in [-0.2, 0) is 11.2 Å². The number of carbonyl (C=O) groups excluding carboxylic acids is 1. The zero-order valence-corrected chi connectivity index (χ0v) is 10.8. The quantitative estimate of drug-likeness (QED) is 0.343. The van der Waals surface area contributed by atoms with Gasteiger partial charge in [0.1, 0.15) is 0 Å². The number of amides is 1. The van der Waals surface area contributed by atoms with Crippen molar-refractivity contribution < 1.29 is 10.0 Å². The summed E-state index contributed by atoms with van der Waals surface area (Å²) in [6.45, 7) is 0. The van der Waals surface area contributed by atoms with E-state index in [2.05, 4.69) is 10.5 Å². The van der Waals surface area contributed by atoms with Gasteiger partial charge in [-0.3, -0.25) is 4.79 Å². The highest BCUT2D eigenvalue weighted by Crippen LogP contribution is 2.10. The van der Waals surface area contributed by atoms with Crippen LogP contribution in [0.1, 0.15) is 11.1 Å². The summed E-state index contributed by atoms with van der Waals surface area (Å²) in [6.07, 6.45) is 0.322. The Kier molecular flexibility index (Phi) is 4.34. The molecule has 1 amide bonds. The van der Waals surface area contributed by atoms with Crippen LogP contribution < -0.4 is 11.1 Å². The Bertz CT molecular complexity index is 607. The summed E-state index contributed by atoms with van der Waals surface area (Å²) in [6, 6.07) is 16.3. The number of carbonyl (C=O) groups is 1. The number of nitrogens with two attached hydrogens (primary N) is 1. The molecule has 0 aliphatic carbocycles. The van der Waals surface area contributed by atoms with Crippen molar-refractivity contribution in [3.05, 3.63) is 65.7 Å². The van der Waals surface area contributed by atoms with Gasteiger partial charge in [0, 0.05) is 11.3 Å². The topological polar surface area (TPSA) is 87.7 Å². The molecule has 0 saturated heterocycles. The van der Waals surface area contributed by atoms with E-state index in [1.54, 1.807) is 24.3 Å². The number of anilines is 1. The fourth-order valence-corrected chi connectivity index (χ4v) is 1.77. The average molecular weight is 269 g/mol. The highest BCUT2D eigenvalue weighted by Gasteiger charge is 2.04. The van der Waals surface area contributed by atoms with Crippen molar-refractivity contribution >= 4 is 17.4 Å². The maximum Gasteiger partial charge on any atom is 0.228 e. The van der Waals surface area contributed by atoms with Gasteiger partial charge in [0.05, 0.1) is 6.42 Å². The van der Waals surface area contributed by atoms with Crippen LogP contribution in [0.5, 0.6) is 0 Å². The number of nitrogens with zero attached hydrogens (tertiary/aromatic N) is 1. The summed E-state index contributed by atoms with van der Waals surface area (Å²) >= 11 is 0. The minimum absolute atomic E-state index is 0.0344. The van der Waals surface area contributed by atoms with Crippen molar-refractivity contribution in [1.82, 2.24) is 0 Å². The second kappa shape index (κ2) is 6.38. The molecule has 0 fully saturated rings. The number of benzene rings is 2. The van der Waals surface area contributed by atoms with Crippen molar-refractivity contribution in [3.63, 3.8) is 0 Å². The molecule has 5 heteroatoms. The lowest BCUT2D eigenvalue weighted by Gasteiger charge is -2.06. The highest BCUT2D eigenvalue weighted by molar-refractivity contribution is 5.98. The van der Waals surface area contributed by atoms with Crippen LogP contribution in [-0.4, -0.2) is 17.0 Å². The highest BCUT2D eigenvalue weighted by atomic mass is 16.4. The lowest BCUT2D eigenvalue weighted by Crippen LogP contribution is -2.15. The van der Waals surface area contributed by atoms with E-state index >= 15 is 0 Å². The van der Waals surface area contributed by atoms with Crippen LogP contribution in [0.2, 0.25) is 0 Å². The summed E-state index contributed by atoms with van der Waals surface area (Å²) in [4.78, 5) is 11.9. The lowest BCUT2D eigenvalue weighted by molar-refractivity contribution is -0.115. The molecule has 0 radical (unpaired) electrons. The van der Waals surface area contributed by atoms with Crippen LogP contribution in [0.25, 0.3) is 0 Å². The van der Waals surface area contributed by atoms with E-state index in [9.17, 15) is 4.79 Å². The molecule has 0 unspecified atom stereocenters. The summed E-state index contributed by atoms with van der Waals surface area (Å²) in [5, 5.41) is 14.3. The second-order valence-electron chi connectivity index (χ2n) is 4.27. The summed E-state index contributed by atoms with van der Waals surface area (Å²) in [5.74, 6) is -0.0556. The number of oxime groups is 1. The number of nitrogens with one attached hydrogen (secondary N) is 1. The van der Waals surface area contributed by atoms with Gasteiger partial charge in [-0.05, 0) is 29.8 Å². The maximum atomic E-state index is 11.9. The Labute approximate surface area is 116 Å². The van der Waals surface area contributed by atoms with Gasteiger partial charge in [0.2, 0.25) is 5.91 Å². The Hall–Kier alpha value is -2.82. The molecule has 4 N–H and O–H groups in total.